The number of halogens is 1. The maximum Gasteiger partial charge on any atom is 0.282 e. The van der Waals surface area contributed by atoms with Gasteiger partial charge >= 0.3 is 0 Å². The van der Waals surface area contributed by atoms with E-state index in [-0.39, 0.29) is 28.5 Å². The SMILES string of the molecule is Cc1ccc2cc(CN3C(=O)c4cccc([N+](=O)[O-])c4C3=O)c(Cl)nc2c1C. The fourth-order valence-electron chi connectivity index (χ4n) is 3.40. The number of nitrogens with zero attached hydrogens (tertiary/aromatic N) is 3. The number of carbonyl (C=O) groups excluding carboxylic acids is 2. The van der Waals surface area contributed by atoms with Crippen molar-refractivity contribution in [2.24, 2.45) is 0 Å². The number of nitro groups is 1. The van der Waals surface area contributed by atoms with Crippen molar-refractivity contribution in [3.05, 3.63) is 79.5 Å². The van der Waals surface area contributed by atoms with E-state index in [9.17, 15) is 19.7 Å². The third-order valence-electron chi connectivity index (χ3n) is 5.04. The maximum absolute atomic E-state index is 12.7. The number of hydrogen-bond acceptors (Lipinski definition) is 5. The molecule has 0 bridgehead atoms. The molecule has 0 N–H and O–H groups in total. The zero-order chi connectivity index (χ0) is 20.2. The fraction of sp³-hybridized carbons (Fsp3) is 0.150. The van der Waals surface area contributed by atoms with E-state index >= 15 is 0 Å². The van der Waals surface area contributed by atoms with Crippen LogP contribution in [0.5, 0.6) is 0 Å². The number of amides is 2. The van der Waals surface area contributed by atoms with Crippen molar-refractivity contribution >= 4 is 40.0 Å². The number of aromatic nitrogens is 1. The van der Waals surface area contributed by atoms with E-state index in [0.29, 0.717) is 5.56 Å². The topological polar surface area (TPSA) is 93.4 Å². The molecule has 140 valence electrons. The second-order valence-corrected chi connectivity index (χ2v) is 7.03. The van der Waals surface area contributed by atoms with Crippen molar-refractivity contribution in [1.29, 1.82) is 0 Å². The first-order chi connectivity index (χ1) is 13.3. The summed E-state index contributed by atoms with van der Waals surface area (Å²) in [4.78, 5) is 41.4. The number of carbonyl (C=O) groups is 2. The zero-order valence-electron chi connectivity index (χ0n) is 15.0. The molecule has 0 fully saturated rings. The smallest absolute Gasteiger partial charge is 0.270 e. The van der Waals surface area contributed by atoms with Gasteiger partial charge in [0, 0.05) is 17.0 Å². The molecular weight excluding hydrogens is 382 g/mol. The predicted octanol–water partition coefficient (Wildman–Crippen LogP) is 4.21. The molecule has 0 unspecified atom stereocenters. The minimum Gasteiger partial charge on any atom is -0.270 e. The quantitative estimate of drug-likeness (QED) is 0.286. The summed E-state index contributed by atoms with van der Waals surface area (Å²) < 4.78 is 0. The number of aryl methyl sites for hydroxylation is 2. The van der Waals surface area contributed by atoms with Gasteiger partial charge in [0.25, 0.3) is 17.5 Å². The summed E-state index contributed by atoms with van der Waals surface area (Å²) in [7, 11) is 0. The maximum atomic E-state index is 12.7. The summed E-state index contributed by atoms with van der Waals surface area (Å²) in [5.41, 5.74) is 2.79. The Morgan fingerprint density at radius 2 is 1.89 bits per heavy atom. The van der Waals surface area contributed by atoms with Gasteiger partial charge < -0.3 is 0 Å². The predicted molar refractivity (Wildman–Crippen MR) is 104 cm³/mol. The summed E-state index contributed by atoms with van der Waals surface area (Å²) in [6.07, 6.45) is 0. The standard InChI is InChI=1S/C20H14ClN3O4/c1-10-6-7-12-8-13(18(21)22-17(12)11(10)2)9-23-19(25)14-4-3-5-15(24(27)28)16(14)20(23)26/h3-8H,9H2,1-2H3. The third-order valence-corrected chi connectivity index (χ3v) is 5.37. The Morgan fingerprint density at radius 3 is 2.61 bits per heavy atom. The number of nitro benzene ring substituents is 1. The first kappa shape index (κ1) is 18.1. The second kappa shape index (κ2) is 6.38. The lowest BCUT2D eigenvalue weighted by atomic mass is 10.0. The molecule has 4 rings (SSSR count). The Labute approximate surface area is 164 Å². The number of imide groups is 1. The molecule has 1 aliphatic heterocycles. The lowest BCUT2D eigenvalue weighted by Gasteiger charge is -2.15. The lowest BCUT2D eigenvalue weighted by Crippen LogP contribution is -2.29. The highest BCUT2D eigenvalue weighted by Crippen LogP contribution is 2.33. The van der Waals surface area contributed by atoms with Gasteiger partial charge in [-0.15, -0.1) is 0 Å². The number of rotatable bonds is 3. The Balaban J connectivity index is 1.76. The molecule has 0 saturated heterocycles. The third kappa shape index (κ3) is 2.63. The molecule has 0 atom stereocenters. The summed E-state index contributed by atoms with van der Waals surface area (Å²) in [6, 6.07) is 9.66. The molecular formula is C20H14ClN3O4. The summed E-state index contributed by atoms with van der Waals surface area (Å²) in [5, 5.41) is 12.3. The molecule has 7 nitrogen and oxygen atoms in total. The summed E-state index contributed by atoms with van der Waals surface area (Å²) >= 11 is 6.33. The molecule has 0 spiro atoms. The van der Waals surface area contributed by atoms with Crippen LogP contribution in [0.4, 0.5) is 5.69 Å². The molecule has 2 heterocycles. The van der Waals surface area contributed by atoms with Crippen molar-refractivity contribution < 1.29 is 14.5 Å². The minimum atomic E-state index is -0.705. The van der Waals surface area contributed by atoms with Gasteiger partial charge in [0.15, 0.2) is 0 Å². The zero-order valence-corrected chi connectivity index (χ0v) is 15.8. The molecule has 1 aromatic heterocycles. The molecule has 8 heteroatoms. The van der Waals surface area contributed by atoms with Gasteiger partial charge in [0.1, 0.15) is 10.7 Å². The average Bonchev–Trinajstić information content (AvgIpc) is 2.91. The van der Waals surface area contributed by atoms with Crippen LogP contribution < -0.4 is 0 Å². The normalized spacial score (nSPS) is 13.3. The monoisotopic (exact) mass is 395 g/mol. The molecule has 28 heavy (non-hydrogen) atoms. The van der Waals surface area contributed by atoms with E-state index in [2.05, 4.69) is 4.98 Å². The van der Waals surface area contributed by atoms with Crippen molar-refractivity contribution in [3.63, 3.8) is 0 Å². The fourth-order valence-corrected chi connectivity index (χ4v) is 3.60. The second-order valence-electron chi connectivity index (χ2n) is 6.67. The first-order valence-electron chi connectivity index (χ1n) is 8.48. The molecule has 1 aliphatic rings. The minimum absolute atomic E-state index is 0.0236. The summed E-state index contributed by atoms with van der Waals surface area (Å²) in [5.74, 6) is -1.29. The van der Waals surface area contributed by atoms with Crippen LogP contribution in [-0.4, -0.2) is 26.6 Å². The number of pyridine rings is 1. The Kier molecular flexibility index (Phi) is 4.12. The van der Waals surface area contributed by atoms with Crippen molar-refractivity contribution in [3.8, 4) is 0 Å². The van der Waals surface area contributed by atoms with Gasteiger partial charge in [-0.2, -0.15) is 0 Å². The van der Waals surface area contributed by atoms with E-state index in [0.717, 1.165) is 26.9 Å². The van der Waals surface area contributed by atoms with Gasteiger partial charge in [-0.05, 0) is 37.1 Å². The molecule has 2 aromatic carbocycles. The van der Waals surface area contributed by atoms with Crippen LogP contribution in [0, 0.1) is 24.0 Å². The van der Waals surface area contributed by atoms with Gasteiger partial charge in [0.05, 0.1) is 22.5 Å². The number of hydrogen-bond donors (Lipinski definition) is 0. The Morgan fingerprint density at radius 1 is 1.14 bits per heavy atom. The van der Waals surface area contributed by atoms with Crippen LogP contribution in [0.1, 0.15) is 37.4 Å². The van der Waals surface area contributed by atoms with E-state index < -0.39 is 16.7 Å². The van der Waals surface area contributed by atoms with Crippen molar-refractivity contribution in [1.82, 2.24) is 9.88 Å². The highest BCUT2D eigenvalue weighted by atomic mass is 35.5. The van der Waals surface area contributed by atoms with E-state index in [1.807, 2.05) is 26.0 Å². The van der Waals surface area contributed by atoms with Gasteiger partial charge in [-0.25, -0.2) is 4.98 Å². The van der Waals surface area contributed by atoms with E-state index in [4.69, 9.17) is 11.6 Å². The van der Waals surface area contributed by atoms with Gasteiger partial charge in [-0.1, -0.05) is 29.8 Å². The molecule has 0 saturated carbocycles. The average molecular weight is 396 g/mol. The van der Waals surface area contributed by atoms with Crippen LogP contribution in [0.15, 0.2) is 36.4 Å². The van der Waals surface area contributed by atoms with Crippen LogP contribution in [0.2, 0.25) is 5.15 Å². The largest absolute Gasteiger partial charge is 0.282 e. The molecule has 2 amide bonds. The van der Waals surface area contributed by atoms with E-state index in [1.165, 1.54) is 18.2 Å². The van der Waals surface area contributed by atoms with Crippen LogP contribution in [0.3, 0.4) is 0 Å². The Bertz CT molecular complexity index is 1210. The number of benzene rings is 2. The highest BCUT2D eigenvalue weighted by Gasteiger charge is 2.41. The van der Waals surface area contributed by atoms with Gasteiger partial charge in [-0.3, -0.25) is 24.6 Å². The molecule has 3 aromatic rings. The first-order valence-corrected chi connectivity index (χ1v) is 8.86. The van der Waals surface area contributed by atoms with Crippen LogP contribution in [-0.2, 0) is 6.54 Å². The highest BCUT2D eigenvalue weighted by molar-refractivity contribution is 6.30. The van der Waals surface area contributed by atoms with Crippen molar-refractivity contribution in [2.75, 3.05) is 0 Å². The lowest BCUT2D eigenvalue weighted by molar-refractivity contribution is -0.385. The van der Waals surface area contributed by atoms with Crippen LogP contribution in [0.25, 0.3) is 10.9 Å². The van der Waals surface area contributed by atoms with Crippen LogP contribution >= 0.6 is 11.6 Å². The molecule has 0 aliphatic carbocycles. The summed E-state index contributed by atoms with van der Waals surface area (Å²) in [6.45, 7) is 3.81. The van der Waals surface area contributed by atoms with E-state index in [1.54, 1.807) is 6.07 Å². The van der Waals surface area contributed by atoms with Gasteiger partial charge in [0.2, 0.25) is 0 Å². The molecule has 0 radical (unpaired) electrons. The Hall–Kier alpha value is -3.32. The number of fused-ring (bicyclic) bond motifs is 2. The van der Waals surface area contributed by atoms with Crippen molar-refractivity contribution in [2.45, 2.75) is 20.4 Å².